The van der Waals surface area contributed by atoms with Crippen molar-refractivity contribution in [1.29, 1.82) is 0 Å². The molecule has 1 aliphatic rings. The van der Waals surface area contributed by atoms with Crippen LogP contribution in [0.3, 0.4) is 0 Å². The molecule has 1 atom stereocenters. The van der Waals surface area contributed by atoms with E-state index in [-0.39, 0.29) is 6.61 Å². The average Bonchev–Trinajstić information content (AvgIpc) is 3.11. The molecule has 148 valence electrons. The molecule has 0 aromatic carbocycles. The summed E-state index contributed by atoms with van der Waals surface area (Å²) in [5, 5.41) is 12.9. The standard InChI is InChI=1S/C18H19F3N6O/c19-18(20,21)15-3-4-16-22-9-14(27(16)25-15)13-8-17(24-11-23-13)26-6-1-2-12(10-26)5-7-28/h3-4,8-9,11-12,28H,1-2,5-7,10H2. The molecule has 0 bridgehead atoms. The average molecular weight is 392 g/mol. The first-order valence-corrected chi connectivity index (χ1v) is 9.06. The number of aliphatic hydroxyl groups excluding tert-OH is 1. The fourth-order valence-electron chi connectivity index (χ4n) is 3.55. The Bertz CT molecular complexity index is 971. The van der Waals surface area contributed by atoms with Crippen molar-refractivity contribution < 1.29 is 18.3 Å². The number of rotatable bonds is 4. The molecule has 0 saturated carbocycles. The normalized spacial score (nSPS) is 18.0. The van der Waals surface area contributed by atoms with E-state index >= 15 is 0 Å². The number of imidazole rings is 1. The van der Waals surface area contributed by atoms with Gasteiger partial charge in [-0.15, -0.1) is 0 Å². The molecule has 28 heavy (non-hydrogen) atoms. The van der Waals surface area contributed by atoms with Gasteiger partial charge in [0, 0.05) is 25.8 Å². The summed E-state index contributed by atoms with van der Waals surface area (Å²) in [5.41, 5.74) is 0.142. The molecule has 4 heterocycles. The number of piperidine rings is 1. The van der Waals surface area contributed by atoms with Crippen LogP contribution >= 0.6 is 0 Å². The number of alkyl halides is 3. The van der Waals surface area contributed by atoms with Gasteiger partial charge in [0.25, 0.3) is 0 Å². The molecular weight excluding hydrogens is 373 g/mol. The van der Waals surface area contributed by atoms with Gasteiger partial charge in [0.2, 0.25) is 0 Å². The first kappa shape index (κ1) is 18.6. The predicted molar refractivity (Wildman–Crippen MR) is 95.7 cm³/mol. The van der Waals surface area contributed by atoms with Crippen LogP contribution in [0.15, 0.2) is 30.7 Å². The molecule has 1 aliphatic heterocycles. The number of aromatic nitrogens is 5. The van der Waals surface area contributed by atoms with Crippen LogP contribution in [0.5, 0.6) is 0 Å². The van der Waals surface area contributed by atoms with Crippen molar-refractivity contribution in [3.05, 3.63) is 36.4 Å². The van der Waals surface area contributed by atoms with Gasteiger partial charge in [-0.25, -0.2) is 19.5 Å². The zero-order valence-corrected chi connectivity index (χ0v) is 15.0. The first-order valence-electron chi connectivity index (χ1n) is 9.06. The summed E-state index contributed by atoms with van der Waals surface area (Å²) in [6.45, 7) is 1.77. The van der Waals surface area contributed by atoms with E-state index < -0.39 is 11.9 Å². The summed E-state index contributed by atoms with van der Waals surface area (Å²) in [4.78, 5) is 14.8. The molecular formula is C18H19F3N6O. The highest BCUT2D eigenvalue weighted by molar-refractivity contribution is 5.62. The smallest absolute Gasteiger partial charge is 0.396 e. The minimum atomic E-state index is -4.54. The van der Waals surface area contributed by atoms with E-state index in [4.69, 9.17) is 0 Å². The zero-order chi connectivity index (χ0) is 19.7. The van der Waals surface area contributed by atoms with E-state index in [0.29, 0.717) is 28.8 Å². The second-order valence-corrected chi connectivity index (χ2v) is 6.86. The molecule has 0 spiro atoms. The van der Waals surface area contributed by atoms with E-state index in [0.717, 1.165) is 42.9 Å². The maximum absolute atomic E-state index is 13.0. The van der Waals surface area contributed by atoms with E-state index in [1.54, 1.807) is 6.07 Å². The summed E-state index contributed by atoms with van der Waals surface area (Å²) in [6.07, 6.45) is 1.11. The number of anilines is 1. The summed E-state index contributed by atoms with van der Waals surface area (Å²) in [7, 11) is 0. The zero-order valence-electron chi connectivity index (χ0n) is 15.0. The van der Waals surface area contributed by atoms with Gasteiger partial charge in [0.15, 0.2) is 11.3 Å². The molecule has 7 nitrogen and oxygen atoms in total. The lowest BCUT2D eigenvalue weighted by atomic mass is 9.95. The molecule has 4 rings (SSSR count). The second kappa shape index (κ2) is 7.34. The fraction of sp³-hybridized carbons (Fsp3) is 0.444. The van der Waals surface area contributed by atoms with E-state index in [1.165, 1.54) is 18.6 Å². The third-order valence-electron chi connectivity index (χ3n) is 4.95. The highest BCUT2D eigenvalue weighted by Crippen LogP contribution is 2.29. The van der Waals surface area contributed by atoms with Crippen molar-refractivity contribution in [1.82, 2.24) is 24.6 Å². The highest BCUT2D eigenvalue weighted by Gasteiger charge is 2.33. The van der Waals surface area contributed by atoms with Crippen LogP contribution in [0, 0.1) is 5.92 Å². The molecule has 0 aliphatic carbocycles. The van der Waals surface area contributed by atoms with Gasteiger partial charge in [0.1, 0.15) is 17.8 Å². The van der Waals surface area contributed by atoms with Crippen LogP contribution in [0.1, 0.15) is 25.0 Å². The molecule has 0 amide bonds. The van der Waals surface area contributed by atoms with Crippen molar-refractivity contribution in [2.45, 2.75) is 25.4 Å². The summed E-state index contributed by atoms with van der Waals surface area (Å²) < 4.78 is 40.2. The largest absolute Gasteiger partial charge is 0.435 e. The number of hydrogen-bond acceptors (Lipinski definition) is 6. The van der Waals surface area contributed by atoms with Crippen molar-refractivity contribution in [3.8, 4) is 11.4 Å². The van der Waals surface area contributed by atoms with Gasteiger partial charge in [-0.1, -0.05) is 0 Å². The molecule has 10 heteroatoms. The Kier molecular flexibility index (Phi) is 4.88. The van der Waals surface area contributed by atoms with Gasteiger partial charge < -0.3 is 10.0 Å². The third kappa shape index (κ3) is 3.64. The predicted octanol–water partition coefficient (Wildman–Crippen LogP) is 2.80. The van der Waals surface area contributed by atoms with Crippen LogP contribution in [0.2, 0.25) is 0 Å². The third-order valence-corrected chi connectivity index (χ3v) is 4.95. The number of hydrogen-bond donors (Lipinski definition) is 1. The Hall–Kier alpha value is -2.75. The van der Waals surface area contributed by atoms with Crippen LogP contribution in [0.25, 0.3) is 17.0 Å². The minimum absolute atomic E-state index is 0.155. The lowest BCUT2D eigenvalue weighted by Crippen LogP contribution is -2.36. The Morgan fingerprint density at radius 1 is 1.18 bits per heavy atom. The van der Waals surface area contributed by atoms with Gasteiger partial charge in [-0.3, -0.25) is 0 Å². The Morgan fingerprint density at radius 3 is 2.82 bits per heavy atom. The minimum Gasteiger partial charge on any atom is -0.396 e. The molecule has 1 fully saturated rings. The quantitative estimate of drug-likeness (QED) is 0.736. The summed E-state index contributed by atoms with van der Waals surface area (Å²) in [6, 6.07) is 3.94. The van der Waals surface area contributed by atoms with Crippen molar-refractivity contribution >= 4 is 11.5 Å². The second-order valence-electron chi connectivity index (χ2n) is 6.86. The summed E-state index contributed by atoms with van der Waals surface area (Å²) >= 11 is 0. The maximum atomic E-state index is 13.0. The Morgan fingerprint density at radius 2 is 2.04 bits per heavy atom. The highest BCUT2D eigenvalue weighted by atomic mass is 19.4. The van der Waals surface area contributed by atoms with Crippen LogP contribution in [-0.4, -0.2) is 49.4 Å². The Labute approximate surface area is 158 Å². The number of halogens is 3. The molecule has 1 unspecified atom stereocenters. The molecule has 0 radical (unpaired) electrons. The lowest BCUT2D eigenvalue weighted by molar-refractivity contribution is -0.141. The van der Waals surface area contributed by atoms with Crippen molar-refractivity contribution in [2.24, 2.45) is 5.92 Å². The van der Waals surface area contributed by atoms with Gasteiger partial charge >= 0.3 is 6.18 Å². The number of fused-ring (bicyclic) bond motifs is 1. The van der Waals surface area contributed by atoms with E-state index in [9.17, 15) is 18.3 Å². The monoisotopic (exact) mass is 392 g/mol. The van der Waals surface area contributed by atoms with Crippen molar-refractivity contribution in [2.75, 3.05) is 24.6 Å². The molecule has 3 aromatic heterocycles. The van der Waals surface area contributed by atoms with Gasteiger partial charge in [0.05, 0.1) is 11.9 Å². The van der Waals surface area contributed by atoms with Crippen LogP contribution in [0.4, 0.5) is 19.0 Å². The first-order chi connectivity index (χ1) is 13.5. The SMILES string of the molecule is OCCC1CCCN(c2cc(-c3cnc4ccc(C(F)(F)F)nn34)ncn2)C1. The van der Waals surface area contributed by atoms with Crippen LogP contribution in [-0.2, 0) is 6.18 Å². The number of aliphatic hydroxyl groups is 1. The molecule has 1 N–H and O–H groups in total. The fourth-order valence-corrected chi connectivity index (χ4v) is 3.55. The van der Waals surface area contributed by atoms with Crippen LogP contribution < -0.4 is 4.90 Å². The van der Waals surface area contributed by atoms with E-state index in [1.807, 2.05) is 0 Å². The van der Waals surface area contributed by atoms with E-state index in [2.05, 4.69) is 25.0 Å². The van der Waals surface area contributed by atoms with Gasteiger partial charge in [-0.2, -0.15) is 18.3 Å². The van der Waals surface area contributed by atoms with Crippen molar-refractivity contribution in [3.63, 3.8) is 0 Å². The van der Waals surface area contributed by atoms with Gasteiger partial charge in [-0.05, 0) is 37.3 Å². The molecule has 3 aromatic rings. The Balaban J connectivity index is 1.68. The maximum Gasteiger partial charge on any atom is 0.435 e. The summed E-state index contributed by atoms with van der Waals surface area (Å²) in [5.74, 6) is 1.10. The molecule has 1 saturated heterocycles. The number of nitrogens with zero attached hydrogens (tertiary/aromatic N) is 6. The lowest BCUT2D eigenvalue weighted by Gasteiger charge is -2.33. The topological polar surface area (TPSA) is 79.4 Å².